The molecule has 29 heavy (non-hydrogen) atoms. The van der Waals surface area contributed by atoms with E-state index in [1.807, 2.05) is 0 Å². The van der Waals surface area contributed by atoms with Crippen LogP contribution in [0.3, 0.4) is 0 Å². The van der Waals surface area contributed by atoms with Crippen LogP contribution in [0, 0.1) is 29.4 Å². The van der Waals surface area contributed by atoms with Gasteiger partial charge in [0.15, 0.2) is 22.8 Å². The van der Waals surface area contributed by atoms with E-state index in [1.54, 1.807) is 12.1 Å². The molecular formula is C23H19F5O. The van der Waals surface area contributed by atoms with Gasteiger partial charge in [0.2, 0.25) is 0 Å². The topological polar surface area (TPSA) is 13.1 Å². The van der Waals surface area contributed by atoms with Crippen LogP contribution in [0.2, 0.25) is 0 Å². The average molecular weight is 406 g/mol. The maximum absolute atomic E-state index is 15.2. The zero-order valence-electron chi connectivity index (χ0n) is 15.7. The molecule has 6 heteroatoms. The minimum Gasteiger partial charge on any atom is -0.450 e. The summed E-state index contributed by atoms with van der Waals surface area (Å²) in [7, 11) is 0. The van der Waals surface area contributed by atoms with Gasteiger partial charge >= 0.3 is 6.18 Å². The molecule has 1 aromatic heterocycles. The van der Waals surface area contributed by atoms with E-state index < -0.39 is 29.0 Å². The predicted molar refractivity (Wildman–Crippen MR) is 101 cm³/mol. The maximum atomic E-state index is 15.2. The molecule has 1 fully saturated rings. The van der Waals surface area contributed by atoms with Crippen molar-refractivity contribution in [3.05, 3.63) is 53.1 Å². The molecule has 1 heterocycles. The molecule has 0 radical (unpaired) electrons. The van der Waals surface area contributed by atoms with Crippen molar-refractivity contribution in [2.75, 3.05) is 0 Å². The Morgan fingerprint density at radius 2 is 1.62 bits per heavy atom. The van der Waals surface area contributed by atoms with Crippen molar-refractivity contribution < 1.29 is 26.4 Å². The largest absolute Gasteiger partial charge is 0.450 e. The fraction of sp³-hybridized carbons (Fsp3) is 0.391. The Hall–Kier alpha value is -2.37. The lowest BCUT2D eigenvalue weighted by molar-refractivity contribution is -0.139. The Morgan fingerprint density at radius 1 is 0.966 bits per heavy atom. The second-order valence-electron chi connectivity index (χ2n) is 8.35. The lowest BCUT2D eigenvalue weighted by Crippen LogP contribution is -2.09. The van der Waals surface area contributed by atoms with Crippen molar-refractivity contribution in [3.63, 3.8) is 0 Å². The first-order valence-corrected chi connectivity index (χ1v) is 9.85. The number of hydrogen-bond acceptors (Lipinski definition) is 1. The van der Waals surface area contributed by atoms with Crippen molar-refractivity contribution in [2.24, 2.45) is 17.8 Å². The van der Waals surface area contributed by atoms with E-state index in [0.717, 1.165) is 42.7 Å². The Bertz CT molecular complexity index is 1150. The van der Waals surface area contributed by atoms with Crippen LogP contribution in [0.15, 0.2) is 34.8 Å². The fourth-order valence-electron chi connectivity index (χ4n) is 4.80. The van der Waals surface area contributed by atoms with Crippen LogP contribution in [0.1, 0.15) is 43.7 Å². The monoisotopic (exact) mass is 406 g/mol. The van der Waals surface area contributed by atoms with Crippen molar-refractivity contribution in [1.29, 1.82) is 0 Å². The molecule has 2 aromatic carbocycles. The Kier molecular flexibility index (Phi) is 4.06. The van der Waals surface area contributed by atoms with E-state index in [1.165, 1.54) is 6.42 Å². The fourth-order valence-corrected chi connectivity index (χ4v) is 4.80. The first-order valence-electron chi connectivity index (χ1n) is 9.85. The smallest absolute Gasteiger partial charge is 0.419 e. The van der Waals surface area contributed by atoms with Crippen LogP contribution in [0.4, 0.5) is 22.0 Å². The SMILES string of the molecule is CC1CC1C1CC=C(c2ccc3c(oc4c(F)c(C(F)(F)F)ccc43)c2F)CC1. The van der Waals surface area contributed by atoms with Gasteiger partial charge in [-0.05, 0) is 67.2 Å². The van der Waals surface area contributed by atoms with Gasteiger partial charge in [0.1, 0.15) is 0 Å². The number of benzene rings is 2. The first-order chi connectivity index (χ1) is 13.8. The number of allylic oxidation sites excluding steroid dienone is 2. The second kappa shape index (κ2) is 6.31. The van der Waals surface area contributed by atoms with Crippen molar-refractivity contribution in [2.45, 2.75) is 38.8 Å². The number of alkyl halides is 3. The molecule has 3 aromatic rings. The van der Waals surface area contributed by atoms with Gasteiger partial charge < -0.3 is 4.42 Å². The summed E-state index contributed by atoms with van der Waals surface area (Å²) in [5.74, 6) is 0.0274. The van der Waals surface area contributed by atoms with Gasteiger partial charge in [-0.15, -0.1) is 0 Å². The summed E-state index contributed by atoms with van der Waals surface area (Å²) in [6.07, 6.45) is 1.15. The third-order valence-electron chi connectivity index (χ3n) is 6.57. The normalized spacial score (nSPS) is 24.9. The number of halogens is 5. The molecule has 152 valence electrons. The summed E-state index contributed by atoms with van der Waals surface area (Å²) >= 11 is 0. The van der Waals surface area contributed by atoms with E-state index in [0.29, 0.717) is 17.5 Å². The van der Waals surface area contributed by atoms with Crippen molar-refractivity contribution >= 4 is 27.5 Å². The molecule has 0 saturated heterocycles. The molecule has 3 unspecified atom stereocenters. The number of furan rings is 1. The highest BCUT2D eigenvalue weighted by molar-refractivity contribution is 6.06. The van der Waals surface area contributed by atoms with Crippen LogP contribution in [-0.2, 0) is 6.18 Å². The van der Waals surface area contributed by atoms with Gasteiger partial charge in [-0.25, -0.2) is 8.78 Å². The van der Waals surface area contributed by atoms with Crippen LogP contribution >= 0.6 is 0 Å². The minimum absolute atomic E-state index is 0.136. The summed E-state index contributed by atoms with van der Waals surface area (Å²) in [4.78, 5) is 0. The molecular weight excluding hydrogens is 387 g/mol. The highest BCUT2D eigenvalue weighted by atomic mass is 19.4. The quantitative estimate of drug-likeness (QED) is 0.397. The van der Waals surface area contributed by atoms with Gasteiger partial charge in [0, 0.05) is 16.3 Å². The summed E-state index contributed by atoms with van der Waals surface area (Å²) < 4.78 is 73.8. The van der Waals surface area contributed by atoms with E-state index in [-0.39, 0.29) is 16.4 Å². The molecule has 0 aliphatic heterocycles. The molecule has 2 aliphatic carbocycles. The standard InChI is InChI=1S/C23H19F5O/c1-11-10-17(11)13-4-2-12(3-5-13)14-6-7-15-16-8-9-18(23(26,27)28)20(25)22(16)29-21(15)19(14)24/h2,6-9,11,13,17H,3-5,10H2,1H3. The molecule has 0 bridgehead atoms. The molecule has 1 saturated carbocycles. The molecule has 5 rings (SSSR count). The van der Waals surface area contributed by atoms with Gasteiger partial charge in [-0.1, -0.05) is 19.1 Å². The maximum Gasteiger partial charge on any atom is 0.419 e. The number of fused-ring (bicyclic) bond motifs is 3. The summed E-state index contributed by atoms with van der Waals surface area (Å²) in [5.41, 5.74) is -0.915. The Morgan fingerprint density at radius 3 is 2.21 bits per heavy atom. The molecule has 3 atom stereocenters. The van der Waals surface area contributed by atoms with E-state index in [9.17, 15) is 17.6 Å². The van der Waals surface area contributed by atoms with E-state index in [2.05, 4.69) is 13.0 Å². The van der Waals surface area contributed by atoms with E-state index in [4.69, 9.17) is 4.42 Å². The van der Waals surface area contributed by atoms with Crippen molar-refractivity contribution in [3.8, 4) is 0 Å². The Balaban J connectivity index is 1.57. The van der Waals surface area contributed by atoms with Crippen LogP contribution in [-0.4, -0.2) is 0 Å². The summed E-state index contributed by atoms with van der Waals surface area (Å²) in [6.45, 7) is 2.25. The molecule has 2 aliphatic rings. The third-order valence-corrected chi connectivity index (χ3v) is 6.57. The summed E-state index contributed by atoms with van der Waals surface area (Å²) in [6, 6.07) is 5.02. The first kappa shape index (κ1) is 18.6. The zero-order chi connectivity index (χ0) is 20.5. The summed E-state index contributed by atoms with van der Waals surface area (Å²) in [5, 5.41) is 0.409. The molecule has 0 amide bonds. The van der Waals surface area contributed by atoms with Gasteiger partial charge in [-0.2, -0.15) is 13.2 Å². The highest BCUT2D eigenvalue weighted by Gasteiger charge is 2.39. The van der Waals surface area contributed by atoms with Gasteiger partial charge in [0.05, 0.1) is 5.56 Å². The molecule has 1 nitrogen and oxygen atoms in total. The average Bonchev–Trinajstić information content (AvgIpc) is 3.27. The highest BCUT2D eigenvalue weighted by Crippen LogP contribution is 2.49. The minimum atomic E-state index is -4.84. The van der Waals surface area contributed by atoms with Crippen LogP contribution in [0.25, 0.3) is 27.5 Å². The molecule has 0 spiro atoms. The van der Waals surface area contributed by atoms with Gasteiger partial charge in [0.25, 0.3) is 0 Å². The molecule has 0 N–H and O–H groups in total. The number of rotatable bonds is 2. The second-order valence-corrected chi connectivity index (χ2v) is 8.35. The Labute approximate surface area is 164 Å². The third kappa shape index (κ3) is 2.95. The lowest BCUT2D eigenvalue weighted by Gasteiger charge is -2.22. The lowest BCUT2D eigenvalue weighted by atomic mass is 9.83. The predicted octanol–water partition coefficient (Wildman–Crippen LogP) is 7.72. The number of hydrogen-bond donors (Lipinski definition) is 0. The zero-order valence-corrected chi connectivity index (χ0v) is 15.7. The van der Waals surface area contributed by atoms with Crippen LogP contribution in [0.5, 0.6) is 0 Å². The van der Waals surface area contributed by atoms with Gasteiger partial charge in [-0.3, -0.25) is 0 Å². The van der Waals surface area contributed by atoms with Crippen molar-refractivity contribution in [1.82, 2.24) is 0 Å². The van der Waals surface area contributed by atoms with Crippen LogP contribution < -0.4 is 0 Å². The van der Waals surface area contributed by atoms with E-state index >= 15 is 4.39 Å².